The van der Waals surface area contributed by atoms with Crippen LogP contribution in [-0.2, 0) is 9.53 Å². The van der Waals surface area contributed by atoms with Crippen LogP contribution in [0, 0.1) is 5.92 Å². The zero-order valence-corrected chi connectivity index (χ0v) is 18.5. The molecule has 0 saturated heterocycles. The van der Waals surface area contributed by atoms with Gasteiger partial charge in [0.2, 0.25) is 5.88 Å². The predicted molar refractivity (Wildman–Crippen MR) is 114 cm³/mol. The number of hydrogen-bond acceptors (Lipinski definition) is 6. The molecule has 31 heavy (non-hydrogen) atoms. The molecule has 0 spiro atoms. The van der Waals surface area contributed by atoms with Crippen LogP contribution in [0.2, 0.25) is 0 Å². The standard InChI is InChI=1S/C22H30N4O5/c1-13(2)19(20(27)28)26-12-15(11-24-26)14-6-7-23-18(8-14)30-17-9-16(10-17)25-21(29)31-22(3,4)5/h6-8,11-13,16-17,19H,9-10H2,1-5H3,(H,25,29)(H,27,28). The second-order valence-electron chi connectivity index (χ2n) is 9.17. The van der Waals surface area contributed by atoms with Crippen LogP contribution in [0.3, 0.4) is 0 Å². The highest BCUT2D eigenvalue weighted by Crippen LogP contribution is 2.29. The van der Waals surface area contributed by atoms with Gasteiger partial charge in [-0.1, -0.05) is 13.8 Å². The fraction of sp³-hybridized carbons (Fsp3) is 0.545. The van der Waals surface area contributed by atoms with Gasteiger partial charge in [0.15, 0.2) is 6.04 Å². The minimum Gasteiger partial charge on any atom is -0.480 e. The Kier molecular flexibility index (Phi) is 6.52. The molecular weight excluding hydrogens is 400 g/mol. The van der Waals surface area contributed by atoms with Crippen LogP contribution in [0.4, 0.5) is 4.79 Å². The van der Waals surface area contributed by atoms with Crippen LogP contribution < -0.4 is 10.1 Å². The van der Waals surface area contributed by atoms with E-state index < -0.39 is 23.7 Å². The molecule has 1 fully saturated rings. The van der Waals surface area contributed by atoms with E-state index >= 15 is 0 Å². The van der Waals surface area contributed by atoms with Gasteiger partial charge in [0.05, 0.1) is 6.20 Å². The van der Waals surface area contributed by atoms with Crippen molar-refractivity contribution in [2.75, 3.05) is 0 Å². The summed E-state index contributed by atoms with van der Waals surface area (Å²) in [5.74, 6) is -0.532. The van der Waals surface area contributed by atoms with E-state index in [4.69, 9.17) is 9.47 Å². The third-order valence-corrected chi connectivity index (χ3v) is 4.94. The number of carboxylic acids is 1. The van der Waals surface area contributed by atoms with Crippen LogP contribution in [-0.4, -0.2) is 49.7 Å². The number of alkyl carbamates (subject to hydrolysis) is 1. The number of rotatable bonds is 7. The molecule has 2 heterocycles. The second-order valence-corrected chi connectivity index (χ2v) is 9.17. The van der Waals surface area contributed by atoms with E-state index in [1.54, 1.807) is 24.7 Å². The molecule has 1 aliphatic carbocycles. The van der Waals surface area contributed by atoms with Gasteiger partial charge < -0.3 is 19.9 Å². The Labute approximate surface area is 181 Å². The van der Waals surface area contributed by atoms with E-state index in [1.165, 1.54) is 4.68 Å². The van der Waals surface area contributed by atoms with Crippen molar-refractivity contribution in [1.29, 1.82) is 0 Å². The van der Waals surface area contributed by atoms with Gasteiger partial charge >= 0.3 is 12.1 Å². The van der Waals surface area contributed by atoms with Crippen molar-refractivity contribution >= 4 is 12.1 Å². The maximum absolute atomic E-state index is 11.8. The summed E-state index contributed by atoms with van der Waals surface area (Å²) in [6.45, 7) is 9.18. The normalized spacial score (nSPS) is 19.4. The van der Waals surface area contributed by atoms with E-state index in [2.05, 4.69) is 15.4 Å². The number of nitrogens with zero attached hydrogens (tertiary/aromatic N) is 3. The highest BCUT2D eigenvalue weighted by molar-refractivity contribution is 5.72. The molecule has 1 unspecified atom stereocenters. The number of pyridine rings is 1. The third kappa shape index (κ3) is 5.96. The number of carbonyl (C=O) groups is 2. The van der Waals surface area contributed by atoms with Crippen molar-refractivity contribution in [2.24, 2.45) is 5.92 Å². The Morgan fingerprint density at radius 3 is 2.58 bits per heavy atom. The van der Waals surface area contributed by atoms with Gasteiger partial charge in [0.1, 0.15) is 11.7 Å². The van der Waals surface area contributed by atoms with Gasteiger partial charge in [0.25, 0.3) is 0 Å². The number of hydrogen-bond donors (Lipinski definition) is 2. The first-order valence-electron chi connectivity index (χ1n) is 10.4. The summed E-state index contributed by atoms with van der Waals surface area (Å²) in [7, 11) is 0. The van der Waals surface area contributed by atoms with E-state index in [-0.39, 0.29) is 18.1 Å². The fourth-order valence-corrected chi connectivity index (χ4v) is 3.42. The number of ether oxygens (including phenoxy) is 2. The van der Waals surface area contributed by atoms with Gasteiger partial charge in [0, 0.05) is 42.9 Å². The summed E-state index contributed by atoms with van der Waals surface area (Å²) in [6.07, 6.45) is 5.91. The first kappa shape index (κ1) is 22.6. The molecule has 1 saturated carbocycles. The first-order chi connectivity index (χ1) is 14.5. The maximum atomic E-state index is 11.8. The molecule has 1 aliphatic rings. The summed E-state index contributed by atoms with van der Waals surface area (Å²) < 4.78 is 12.7. The summed E-state index contributed by atoms with van der Waals surface area (Å²) in [5, 5.41) is 16.5. The number of amides is 1. The molecular formula is C22H30N4O5. The molecule has 0 radical (unpaired) electrons. The van der Waals surface area contributed by atoms with Crippen LogP contribution in [0.5, 0.6) is 5.88 Å². The smallest absolute Gasteiger partial charge is 0.407 e. The Morgan fingerprint density at radius 2 is 1.97 bits per heavy atom. The molecule has 1 atom stereocenters. The number of aromatic nitrogens is 3. The van der Waals surface area contributed by atoms with Crippen LogP contribution in [0.1, 0.15) is 53.5 Å². The number of aliphatic carboxylic acids is 1. The number of carbonyl (C=O) groups excluding carboxylic acids is 1. The average Bonchev–Trinajstić information content (AvgIpc) is 3.07. The van der Waals surface area contributed by atoms with Gasteiger partial charge in [-0.15, -0.1) is 0 Å². The largest absolute Gasteiger partial charge is 0.480 e. The molecule has 0 aliphatic heterocycles. The molecule has 168 valence electrons. The molecule has 2 aromatic heterocycles. The molecule has 2 N–H and O–H groups in total. The van der Waals surface area contributed by atoms with Crippen molar-refractivity contribution in [3.05, 3.63) is 30.7 Å². The Hall–Kier alpha value is -3.10. The molecule has 9 heteroatoms. The second kappa shape index (κ2) is 8.95. The lowest BCUT2D eigenvalue weighted by Crippen LogP contribution is -2.50. The zero-order chi connectivity index (χ0) is 22.8. The van der Waals surface area contributed by atoms with Crippen molar-refractivity contribution < 1.29 is 24.2 Å². The van der Waals surface area contributed by atoms with Crippen molar-refractivity contribution in [2.45, 2.75) is 71.2 Å². The lowest BCUT2D eigenvalue weighted by molar-refractivity contribution is -0.142. The fourth-order valence-electron chi connectivity index (χ4n) is 3.42. The maximum Gasteiger partial charge on any atom is 0.407 e. The topological polar surface area (TPSA) is 116 Å². The molecule has 1 amide bonds. The molecule has 3 rings (SSSR count). The zero-order valence-electron chi connectivity index (χ0n) is 18.5. The summed E-state index contributed by atoms with van der Waals surface area (Å²) in [4.78, 5) is 27.6. The van der Waals surface area contributed by atoms with Gasteiger partial charge in [-0.3, -0.25) is 4.68 Å². The van der Waals surface area contributed by atoms with Crippen molar-refractivity contribution in [3.63, 3.8) is 0 Å². The monoisotopic (exact) mass is 430 g/mol. The van der Waals surface area contributed by atoms with E-state index in [1.807, 2.05) is 40.7 Å². The molecule has 9 nitrogen and oxygen atoms in total. The average molecular weight is 431 g/mol. The Morgan fingerprint density at radius 1 is 1.26 bits per heavy atom. The number of carboxylic acid groups (broad SMARTS) is 1. The van der Waals surface area contributed by atoms with Crippen LogP contribution >= 0.6 is 0 Å². The summed E-state index contributed by atoms with van der Waals surface area (Å²) in [6, 6.07) is 2.93. The highest BCUT2D eigenvalue weighted by atomic mass is 16.6. The minimum absolute atomic E-state index is 0.0188. The summed E-state index contributed by atoms with van der Waals surface area (Å²) in [5.41, 5.74) is 1.10. The first-order valence-corrected chi connectivity index (χ1v) is 10.4. The van der Waals surface area contributed by atoms with Gasteiger partial charge in [-0.2, -0.15) is 5.10 Å². The Bertz CT molecular complexity index is 928. The van der Waals surface area contributed by atoms with E-state index in [0.717, 1.165) is 11.1 Å². The van der Waals surface area contributed by atoms with Crippen molar-refractivity contribution in [3.8, 4) is 17.0 Å². The van der Waals surface area contributed by atoms with Gasteiger partial charge in [-0.25, -0.2) is 14.6 Å². The minimum atomic E-state index is -0.914. The predicted octanol–water partition coefficient (Wildman–Crippen LogP) is 3.66. The molecule has 0 bridgehead atoms. The van der Waals surface area contributed by atoms with Crippen molar-refractivity contribution in [1.82, 2.24) is 20.1 Å². The third-order valence-electron chi connectivity index (χ3n) is 4.94. The molecule has 0 aromatic carbocycles. The van der Waals surface area contributed by atoms with Gasteiger partial charge in [-0.05, 0) is 38.3 Å². The molecule has 2 aromatic rings. The number of nitrogens with one attached hydrogen (secondary N) is 1. The SMILES string of the molecule is CC(C)C(C(=O)O)n1cc(-c2ccnc(OC3CC(NC(=O)OC(C)(C)C)C3)c2)cn1. The van der Waals surface area contributed by atoms with E-state index in [9.17, 15) is 14.7 Å². The lowest BCUT2D eigenvalue weighted by Gasteiger charge is -2.35. The van der Waals surface area contributed by atoms with Crippen LogP contribution in [0.15, 0.2) is 30.7 Å². The Balaban J connectivity index is 1.58. The van der Waals surface area contributed by atoms with E-state index in [0.29, 0.717) is 18.7 Å². The highest BCUT2D eigenvalue weighted by Gasteiger charge is 2.33. The quantitative estimate of drug-likeness (QED) is 0.689. The van der Waals surface area contributed by atoms with Crippen LogP contribution in [0.25, 0.3) is 11.1 Å². The summed E-state index contributed by atoms with van der Waals surface area (Å²) >= 11 is 0. The lowest BCUT2D eigenvalue weighted by atomic mass is 9.89.